The molecule has 0 aliphatic carbocycles. The molecule has 0 fully saturated rings. The molecule has 0 spiro atoms. The molecule has 3 heteroatoms. The predicted octanol–water partition coefficient (Wildman–Crippen LogP) is 0.676. The van der Waals surface area contributed by atoms with Crippen molar-refractivity contribution >= 4 is 5.82 Å². The molecule has 0 aliphatic heterocycles. The largest absolute Gasteiger partial charge is 0.274 e. The molecule has 0 N–H and O–H groups in total. The molecular weight excluding hydrogens is 114 g/mol. The maximum absolute atomic E-state index is 4.10. The molecule has 1 aromatic rings. The summed E-state index contributed by atoms with van der Waals surface area (Å²) in [6, 6.07) is 1.89. The second-order valence-corrected chi connectivity index (χ2v) is 1.82. The smallest absolute Gasteiger partial charge is 0.169 e. The van der Waals surface area contributed by atoms with E-state index in [0.29, 0.717) is 0 Å². The van der Waals surface area contributed by atoms with Gasteiger partial charge in [-0.25, -0.2) is 0 Å². The van der Waals surface area contributed by atoms with Gasteiger partial charge in [0.1, 0.15) is 0 Å². The first kappa shape index (κ1) is 6.13. The van der Waals surface area contributed by atoms with Crippen LogP contribution in [0.25, 0.3) is 0 Å². The summed E-state index contributed by atoms with van der Waals surface area (Å²) >= 11 is 0. The fourth-order valence-electron chi connectivity index (χ4n) is 0.649. The van der Waals surface area contributed by atoms with Crippen LogP contribution < -0.4 is 5.32 Å². The maximum atomic E-state index is 4.10. The molecule has 1 heterocycles. The average Bonchev–Trinajstić information content (AvgIpc) is 2.17. The van der Waals surface area contributed by atoms with Gasteiger partial charge in [-0.3, -0.25) is 10.00 Å². The summed E-state index contributed by atoms with van der Waals surface area (Å²) in [5.41, 5.74) is 0. The Kier molecular flexibility index (Phi) is 1.72. The van der Waals surface area contributed by atoms with Crippen molar-refractivity contribution < 1.29 is 0 Å². The van der Waals surface area contributed by atoms with Crippen molar-refractivity contribution in [1.29, 1.82) is 0 Å². The molecule has 1 rings (SSSR count). The van der Waals surface area contributed by atoms with E-state index in [-0.39, 0.29) is 0 Å². The number of aromatic nitrogens is 2. The first-order chi connectivity index (χ1) is 4.33. The van der Waals surface area contributed by atoms with Crippen molar-refractivity contribution in [3.05, 3.63) is 12.3 Å². The van der Waals surface area contributed by atoms with Crippen LogP contribution in [0.1, 0.15) is 6.92 Å². The van der Waals surface area contributed by atoms with Crippen LogP contribution in [0.2, 0.25) is 0 Å². The lowest BCUT2D eigenvalue weighted by atomic mass is 10.6. The summed E-state index contributed by atoms with van der Waals surface area (Å²) in [7, 11) is 1.88. The Hall–Kier alpha value is -0.990. The van der Waals surface area contributed by atoms with E-state index in [9.17, 15) is 0 Å². The fraction of sp³-hybridized carbons (Fsp3) is 0.500. The minimum Gasteiger partial charge on any atom is -0.274 e. The van der Waals surface area contributed by atoms with Crippen LogP contribution >= 0.6 is 0 Å². The van der Waals surface area contributed by atoms with Gasteiger partial charge in [0.05, 0.1) is 0 Å². The van der Waals surface area contributed by atoms with Gasteiger partial charge in [-0.05, 0) is 6.92 Å². The second-order valence-electron chi connectivity index (χ2n) is 1.82. The highest BCUT2D eigenvalue weighted by molar-refractivity contribution is 5.21. The molecule has 9 heavy (non-hydrogen) atoms. The molecule has 0 saturated heterocycles. The molecular formula is C6H10N3. The van der Waals surface area contributed by atoms with E-state index in [0.717, 1.165) is 12.4 Å². The zero-order valence-corrected chi connectivity index (χ0v) is 5.70. The number of nitrogens with zero attached hydrogens (tertiary/aromatic N) is 3. The SMILES string of the molecule is CC[N]c1ccn(C)n1. The molecule has 0 saturated carbocycles. The molecule has 0 atom stereocenters. The second kappa shape index (κ2) is 2.53. The van der Waals surface area contributed by atoms with Crippen LogP contribution in [0.15, 0.2) is 12.3 Å². The van der Waals surface area contributed by atoms with Crippen LogP contribution in [-0.4, -0.2) is 16.3 Å². The van der Waals surface area contributed by atoms with Crippen molar-refractivity contribution in [3.8, 4) is 0 Å². The Balaban J connectivity index is 2.61. The van der Waals surface area contributed by atoms with Gasteiger partial charge in [0, 0.05) is 25.9 Å². The highest BCUT2D eigenvalue weighted by Crippen LogP contribution is 1.98. The van der Waals surface area contributed by atoms with E-state index in [2.05, 4.69) is 10.4 Å². The summed E-state index contributed by atoms with van der Waals surface area (Å²) in [6.07, 6.45) is 1.88. The molecule has 0 aromatic carbocycles. The monoisotopic (exact) mass is 124 g/mol. The van der Waals surface area contributed by atoms with Gasteiger partial charge in [0.25, 0.3) is 0 Å². The zero-order valence-electron chi connectivity index (χ0n) is 5.70. The van der Waals surface area contributed by atoms with E-state index in [4.69, 9.17) is 0 Å². The van der Waals surface area contributed by atoms with Gasteiger partial charge in [-0.2, -0.15) is 5.10 Å². The lowest BCUT2D eigenvalue weighted by Crippen LogP contribution is -1.96. The minimum absolute atomic E-state index is 0.803. The summed E-state index contributed by atoms with van der Waals surface area (Å²) in [6.45, 7) is 2.80. The normalized spacial score (nSPS) is 9.56. The maximum Gasteiger partial charge on any atom is 0.169 e. The van der Waals surface area contributed by atoms with Gasteiger partial charge in [0.15, 0.2) is 5.82 Å². The molecule has 0 bridgehead atoms. The Morgan fingerprint density at radius 2 is 2.56 bits per heavy atom. The Labute approximate surface area is 54.7 Å². The standard InChI is InChI=1S/C6H10N3/c1-3-7-6-4-5-9(2)8-6/h4-5H,3H2,1-2H3. The van der Waals surface area contributed by atoms with Gasteiger partial charge in [-0.15, -0.1) is 0 Å². The fourth-order valence-corrected chi connectivity index (χ4v) is 0.649. The van der Waals surface area contributed by atoms with E-state index >= 15 is 0 Å². The van der Waals surface area contributed by atoms with Crippen molar-refractivity contribution in [2.75, 3.05) is 6.54 Å². The summed E-state index contributed by atoms with van der Waals surface area (Å²) in [4.78, 5) is 0. The van der Waals surface area contributed by atoms with Crippen molar-refractivity contribution in [3.63, 3.8) is 0 Å². The number of hydrogen-bond donors (Lipinski definition) is 0. The summed E-state index contributed by atoms with van der Waals surface area (Å²) in [5.74, 6) is 0.819. The van der Waals surface area contributed by atoms with Crippen LogP contribution in [-0.2, 0) is 7.05 Å². The lowest BCUT2D eigenvalue weighted by molar-refractivity contribution is 0.745. The Morgan fingerprint density at radius 1 is 1.78 bits per heavy atom. The van der Waals surface area contributed by atoms with Crippen LogP contribution in [0, 0.1) is 0 Å². The average molecular weight is 124 g/mol. The molecule has 0 amide bonds. The van der Waals surface area contributed by atoms with Crippen molar-refractivity contribution in [1.82, 2.24) is 15.1 Å². The highest BCUT2D eigenvalue weighted by Gasteiger charge is 1.91. The lowest BCUT2D eigenvalue weighted by Gasteiger charge is -1.89. The first-order valence-electron chi connectivity index (χ1n) is 3.00. The van der Waals surface area contributed by atoms with Crippen molar-refractivity contribution in [2.24, 2.45) is 7.05 Å². The highest BCUT2D eigenvalue weighted by atomic mass is 15.3. The van der Waals surface area contributed by atoms with Crippen molar-refractivity contribution in [2.45, 2.75) is 6.92 Å². The minimum atomic E-state index is 0.803. The third-order valence-electron chi connectivity index (χ3n) is 1.02. The Morgan fingerprint density at radius 3 is 3.00 bits per heavy atom. The molecule has 49 valence electrons. The zero-order chi connectivity index (χ0) is 6.69. The van der Waals surface area contributed by atoms with Gasteiger partial charge in [0.2, 0.25) is 0 Å². The number of hydrogen-bond acceptors (Lipinski definition) is 1. The molecule has 1 radical (unpaired) electrons. The first-order valence-corrected chi connectivity index (χ1v) is 3.00. The number of rotatable bonds is 2. The van der Waals surface area contributed by atoms with Gasteiger partial charge in [-0.1, -0.05) is 0 Å². The van der Waals surface area contributed by atoms with E-state index in [1.807, 2.05) is 26.2 Å². The molecule has 0 unspecified atom stereocenters. The third-order valence-corrected chi connectivity index (χ3v) is 1.02. The van der Waals surface area contributed by atoms with Crippen LogP contribution in [0.3, 0.4) is 0 Å². The van der Waals surface area contributed by atoms with Crippen LogP contribution in [0.5, 0.6) is 0 Å². The topological polar surface area (TPSA) is 31.9 Å². The van der Waals surface area contributed by atoms with E-state index in [1.165, 1.54) is 0 Å². The van der Waals surface area contributed by atoms with E-state index in [1.54, 1.807) is 4.68 Å². The molecule has 1 aromatic heterocycles. The summed E-state index contributed by atoms with van der Waals surface area (Å²) < 4.78 is 1.74. The van der Waals surface area contributed by atoms with Crippen LogP contribution in [0.4, 0.5) is 5.82 Å². The molecule has 0 aliphatic rings. The Bertz CT molecular complexity index is 180. The molecule has 3 nitrogen and oxygen atoms in total. The van der Waals surface area contributed by atoms with E-state index < -0.39 is 0 Å². The predicted molar refractivity (Wildman–Crippen MR) is 35.5 cm³/mol. The quantitative estimate of drug-likeness (QED) is 0.570. The summed E-state index contributed by atoms with van der Waals surface area (Å²) in [5, 5.41) is 8.15. The van der Waals surface area contributed by atoms with Gasteiger partial charge >= 0.3 is 0 Å². The third kappa shape index (κ3) is 1.45. The number of aryl methyl sites for hydroxylation is 1. The van der Waals surface area contributed by atoms with Gasteiger partial charge < -0.3 is 0 Å².